The Labute approximate surface area is 110 Å². The summed E-state index contributed by atoms with van der Waals surface area (Å²) in [6.07, 6.45) is 2.21. The van der Waals surface area contributed by atoms with E-state index in [0.29, 0.717) is 12.5 Å². The van der Waals surface area contributed by atoms with Crippen LogP contribution in [-0.2, 0) is 6.54 Å². The van der Waals surface area contributed by atoms with Crippen LogP contribution in [0.5, 0.6) is 0 Å². The zero-order valence-corrected chi connectivity index (χ0v) is 11.6. The van der Waals surface area contributed by atoms with E-state index in [-0.39, 0.29) is 6.03 Å². The van der Waals surface area contributed by atoms with Gasteiger partial charge in [-0.3, -0.25) is 0 Å². The molecule has 1 aromatic carbocycles. The van der Waals surface area contributed by atoms with E-state index in [4.69, 9.17) is 0 Å². The van der Waals surface area contributed by atoms with Crippen LogP contribution in [0, 0.1) is 12.8 Å². The molecule has 0 saturated heterocycles. The van der Waals surface area contributed by atoms with Gasteiger partial charge in [0.15, 0.2) is 0 Å². The molecule has 0 aromatic heterocycles. The normalized spacial score (nSPS) is 10.4. The molecule has 0 bridgehead atoms. The summed E-state index contributed by atoms with van der Waals surface area (Å²) in [6.45, 7) is 7.70. The van der Waals surface area contributed by atoms with Gasteiger partial charge < -0.3 is 10.6 Å². The summed E-state index contributed by atoms with van der Waals surface area (Å²) in [5.74, 6) is 0.578. The van der Waals surface area contributed by atoms with Crippen LogP contribution in [0.3, 0.4) is 0 Å². The van der Waals surface area contributed by atoms with E-state index in [2.05, 4.69) is 43.5 Å². The van der Waals surface area contributed by atoms with Crippen LogP contribution in [0.4, 0.5) is 4.79 Å². The number of benzene rings is 1. The van der Waals surface area contributed by atoms with E-state index in [9.17, 15) is 4.79 Å². The second-order valence-corrected chi connectivity index (χ2v) is 4.74. The van der Waals surface area contributed by atoms with Crippen LogP contribution >= 0.6 is 0 Å². The molecule has 0 unspecified atom stereocenters. The molecule has 0 spiro atoms. The fourth-order valence-corrected chi connectivity index (χ4v) is 1.88. The predicted octanol–water partition coefficient (Wildman–Crippen LogP) is 3.23. The lowest BCUT2D eigenvalue weighted by molar-refractivity contribution is 0.238. The first-order valence-corrected chi connectivity index (χ1v) is 6.73. The monoisotopic (exact) mass is 248 g/mol. The fraction of sp³-hybridized carbons (Fsp3) is 0.533. The van der Waals surface area contributed by atoms with Gasteiger partial charge in [0.1, 0.15) is 0 Å². The lowest BCUT2D eigenvalue weighted by atomic mass is 10.0. The van der Waals surface area contributed by atoms with Gasteiger partial charge in [0.25, 0.3) is 0 Å². The van der Waals surface area contributed by atoms with E-state index in [1.165, 1.54) is 5.56 Å². The molecule has 1 aromatic rings. The molecular formula is C15H24N2O. The van der Waals surface area contributed by atoms with Gasteiger partial charge in [-0.2, -0.15) is 0 Å². The second-order valence-electron chi connectivity index (χ2n) is 4.74. The Hall–Kier alpha value is -1.51. The molecule has 0 aliphatic rings. The van der Waals surface area contributed by atoms with Crippen LogP contribution in [0.2, 0.25) is 0 Å². The zero-order valence-electron chi connectivity index (χ0n) is 11.6. The summed E-state index contributed by atoms with van der Waals surface area (Å²) >= 11 is 0. The maximum Gasteiger partial charge on any atom is 0.315 e. The lowest BCUT2D eigenvalue weighted by Crippen LogP contribution is -2.37. The number of carbonyl (C=O) groups excluding carboxylic acids is 1. The first kappa shape index (κ1) is 14.6. The van der Waals surface area contributed by atoms with Gasteiger partial charge >= 0.3 is 6.03 Å². The second kappa shape index (κ2) is 7.75. The molecule has 18 heavy (non-hydrogen) atoms. The number of urea groups is 1. The fourth-order valence-electron chi connectivity index (χ4n) is 1.88. The topological polar surface area (TPSA) is 41.1 Å². The number of nitrogens with one attached hydrogen (secondary N) is 2. The molecule has 0 aliphatic heterocycles. The summed E-state index contributed by atoms with van der Waals surface area (Å²) in [6, 6.07) is 8.09. The minimum absolute atomic E-state index is 0.0802. The molecule has 3 heteroatoms. The molecular weight excluding hydrogens is 224 g/mol. The molecule has 0 atom stereocenters. The third-order valence-electron chi connectivity index (χ3n) is 3.24. The number of rotatable bonds is 6. The third-order valence-corrected chi connectivity index (χ3v) is 3.24. The Morgan fingerprint density at radius 3 is 2.56 bits per heavy atom. The Bertz CT molecular complexity index is 373. The van der Waals surface area contributed by atoms with Crippen molar-refractivity contribution in [3.63, 3.8) is 0 Å². The highest BCUT2D eigenvalue weighted by Crippen LogP contribution is 2.05. The highest BCUT2D eigenvalue weighted by atomic mass is 16.2. The summed E-state index contributed by atoms with van der Waals surface area (Å²) in [5, 5.41) is 5.80. The smallest absolute Gasteiger partial charge is 0.315 e. The molecule has 2 N–H and O–H groups in total. The number of aryl methyl sites for hydroxylation is 1. The average Bonchev–Trinajstić information content (AvgIpc) is 2.37. The quantitative estimate of drug-likeness (QED) is 0.797. The molecule has 0 saturated carbocycles. The SMILES string of the molecule is CCC(CC)CNC(=O)NCc1cccc(C)c1. The summed E-state index contributed by atoms with van der Waals surface area (Å²) in [7, 11) is 0. The van der Waals surface area contributed by atoms with Crippen molar-refractivity contribution in [1.29, 1.82) is 0 Å². The molecule has 100 valence electrons. The van der Waals surface area contributed by atoms with Crippen LogP contribution in [0.1, 0.15) is 37.8 Å². The van der Waals surface area contributed by atoms with Crippen LogP contribution in [0.15, 0.2) is 24.3 Å². The van der Waals surface area contributed by atoms with Crippen LogP contribution in [0.25, 0.3) is 0 Å². The number of hydrogen-bond donors (Lipinski definition) is 2. The predicted molar refractivity (Wildman–Crippen MR) is 75.5 cm³/mol. The van der Waals surface area contributed by atoms with Crippen molar-refractivity contribution in [3.05, 3.63) is 35.4 Å². The van der Waals surface area contributed by atoms with Crippen molar-refractivity contribution in [3.8, 4) is 0 Å². The molecule has 3 nitrogen and oxygen atoms in total. The standard InChI is InChI=1S/C15H24N2O/c1-4-13(5-2)10-16-15(18)17-11-14-8-6-7-12(3)9-14/h6-9,13H,4-5,10-11H2,1-3H3,(H2,16,17,18). The minimum atomic E-state index is -0.0802. The highest BCUT2D eigenvalue weighted by molar-refractivity contribution is 5.73. The molecule has 0 heterocycles. The maximum absolute atomic E-state index is 11.6. The Kier molecular flexibility index (Phi) is 6.26. The highest BCUT2D eigenvalue weighted by Gasteiger charge is 2.05. The molecule has 0 radical (unpaired) electrons. The van der Waals surface area contributed by atoms with Crippen molar-refractivity contribution < 1.29 is 4.79 Å². The Morgan fingerprint density at radius 1 is 1.22 bits per heavy atom. The lowest BCUT2D eigenvalue weighted by Gasteiger charge is -2.14. The first-order valence-electron chi connectivity index (χ1n) is 6.73. The molecule has 1 rings (SSSR count). The minimum Gasteiger partial charge on any atom is -0.338 e. The summed E-state index contributed by atoms with van der Waals surface area (Å²) in [4.78, 5) is 11.6. The van der Waals surface area contributed by atoms with Crippen LogP contribution in [-0.4, -0.2) is 12.6 Å². The van der Waals surface area contributed by atoms with E-state index < -0.39 is 0 Å². The average molecular weight is 248 g/mol. The van der Waals surface area contributed by atoms with Gasteiger partial charge in [0.05, 0.1) is 0 Å². The first-order chi connectivity index (χ1) is 8.65. The molecule has 0 fully saturated rings. The van der Waals surface area contributed by atoms with Gasteiger partial charge in [-0.15, -0.1) is 0 Å². The van der Waals surface area contributed by atoms with Gasteiger partial charge in [0, 0.05) is 13.1 Å². The van der Waals surface area contributed by atoms with Gasteiger partial charge in [-0.05, 0) is 18.4 Å². The summed E-state index contributed by atoms with van der Waals surface area (Å²) in [5.41, 5.74) is 2.35. The van der Waals surface area contributed by atoms with Crippen molar-refractivity contribution in [2.24, 2.45) is 5.92 Å². The Balaban J connectivity index is 2.29. The summed E-state index contributed by atoms with van der Waals surface area (Å²) < 4.78 is 0. The van der Waals surface area contributed by atoms with Crippen molar-refractivity contribution >= 4 is 6.03 Å². The number of hydrogen-bond acceptors (Lipinski definition) is 1. The molecule has 0 aliphatic carbocycles. The largest absolute Gasteiger partial charge is 0.338 e. The molecule has 2 amide bonds. The van der Waals surface area contributed by atoms with E-state index in [1.54, 1.807) is 0 Å². The van der Waals surface area contributed by atoms with Gasteiger partial charge in [-0.25, -0.2) is 4.79 Å². The van der Waals surface area contributed by atoms with Crippen molar-refractivity contribution in [1.82, 2.24) is 10.6 Å². The van der Waals surface area contributed by atoms with Gasteiger partial charge in [0.2, 0.25) is 0 Å². The maximum atomic E-state index is 11.6. The van der Waals surface area contributed by atoms with E-state index >= 15 is 0 Å². The Morgan fingerprint density at radius 2 is 1.94 bits per heavy atom. The van der Waals surface area contributed by atoms with Crippen LogP contribution < -0.4 is 10.6 Å². The van der Waals surface area contributed by atoms with Crippen molar-refractivity contribution in [2.45, 2.75) is 40.2 Å². The van der Waals surface area contributed by atoms with Gasteiger partial charge in [-0.1, -0.05) is 56.5 Å². The number of amides is 2. The number of carbonyl (C=O) groups is 1. The third kappa shape index (κ3) is 5.21. The van der Waals surface area contributed by atoms with Crippen molar-refractivity contribution in [2.75, 3.05) is 6.54 Å². The zero-order chi connectivity index (χ0) is 13.4. The van der Waals surface area contributed by atoms with E-state index in [0.717, 1.165) is 24.9 Å². The van der Waals surface area contributed by atoms with E-state index in [1.807, 2.05) is 12.1 Å².